The number of nitriles is 1. The number of hydrogen-bond donors (Lipinski definition) is 3. The SMILES string of the molecule is CC(C)(CC1NC(C(=O)O)C(c2cccc(Cl)c2F)C1(C#N)c1ccc(Cl)cc1F)c1ccccc1.O=C(O)C(F)(F)F. The third-order valence-corrected chi connectivity index (χ3v) is 7.94. The van der Waals surface area contributed by atoms with E-state index in [2.05, 4.69) is 11.4 Å². The van der Waals surface area contributed by atoms with Crippen LogP contribution in [-0.4, -0.2) is 40.4 Å². The molecule has 0 spiro atoms. The molecule has 1 heterocycles. The summed E-state index contributed by atoms with van der Waals surface area (Å²) in [4.78, 5) is 21.4. The van der Waals surface area contributed by atoms with Crippen molar-refractivity contribution in [3.05, 3.63) is 105 Å². The van der Waals surface area contributed by atoms with Crippen molar-refractivity contribution in [3.63, 3.8) is 0 Å². The van der Waals surface area contributed by atoms with Gasteiger partial charge in [-0.3, -0.25) is 10.1 Å². The monoisotopic (exact) mass is 642 g/mol. The number of carbonyl (C=O) groups is 2. The van der Waals surface area contributed by atoms with Gasteiger partial charge in [-0.15, -0.1) is 0 Å². The molecule has 228 valence electrons. The van der Waals surface area contributed by atoms with Crippen LogP contribution in [0.4, 0.5) is 22.0 Å². The number of nitrogens with zero attached hydrogens (tertiary/aromatic N) is 1. The van der Waals surface area contributed by atoms with Crippen LogP contribution in [0.25, 0.3) is 0 Å². The highest BCUT2D eigenvalue weighted by Crippen LogP contribution is 2.53. The first-order valence-corrected chi connectivity index (χ1v) is 13.4. The second-order valence-corrected chi connectivity index (χ2v) is 11.4. The van der Waals surface area contributed by atoms with Gasteiger partial charge in [-0.2, -0.15) is 18.4 Å². The van der Waals surface area contributed by atoms with Crippen molar-refractivity contribution in [1.29, 1.82) is 5.26 Å². The summed E-state index contributed by atoms with van der Waals surface area (Å²) in [5.41, 5.74) is -1.51. The molecule has 0 aromatic heterocycles. The Labute approximate surface area is 253 Å². The summed E-state index contributed by atoms with van der Waals surface area (Å²) in [6.07, 6.45) is -4.82. The zero-order valence-corrected chi connectivity index (χ0v) is 24.1. The Morgan fingerprint density at radius 2 is 1.60 bits per heavy atom. The van der Waals surface area contributed by atoms with E-state index in [0.29, 0.717) is 0 Å². The van der Waals surface area contributed by atoms with Gasteiger partial charge in [-0.1, -0.05) is 85.6 Å². The first-order valence-electron chi connectivity index (χ1n) is 12.6. The van der Waals surface area contributed by atoms with Crippen LogP contribution in [0.15, 0.2) is 66.7 Å². The smallest absolute Gasteiger partial charge is 0.480 e. The molecule has 0 bridgehead atoms. The van der Waals surface area contributed by atoms with Gasteiger partial charge in [0, 0.05) is 22.5 Å². The summed E-state index contributed by atoms with van der Waals surface area (Å²) in [5, 5.41) is 31.0. The first kappa shape index (κ1) is 33.8. The minimum Gasteiger partial charge on any atom is -0.480 e. The zero-order chi connectivity index (χ0) is 32.3. The molecule has 1 aliphatic heterocycles. The van der Waals surface area contributed by atoms with E-state index in [1.54, 1.807) is 0 Å². The maximum absolute atomic E-state index is 15.5. The van der Waals surface area contributed by atoms with E-state index in [1.807, 2.05) is 44.2 Å². The average molecular weight is 643 g/mol. The molecule has 3 aromatic carbocycles. The molecule has 4 rings (SSSR count). The van der Waals surface area contributed by atoms with E-state index in [1.165, 1.54) is 30.3 Å². The molecule has 0 aliphatic carbocycles. The predicted molar refractivity (Wildman–Crippen MR) is 149 cm³/mol. The van der Waals surface area contributed by atoms with Crippen molar-refractivity contribution in [2.75, 3.05) is 0 Å². The summed E-state index contributed by atoms with van der Waals surface area (Å²) >= 11 is 12.1. The van der Waals surface area contributed by atoms with Crippen LogP contribution in [-0.2, 0) is 20.4 Å². The lowest BCUT2D eigenvalue weighted by atomic mass is 9.62. The number of alkyl halides is 3. The fraction of sp³-hybridized carbons (Fsp3) is 0.300. The molecule has 1 aliphatic rings. The highest BCUT2D eigenvalue weighted by Gasteiger charge is 2.61. The van der Waals surface area contributed by atoms with Gasteiger partial charge in [0.25, 0.3) is 0 Å². The lowest BCUT2D eigenvalue weighted by molar-refractivity contribution is -0.192. The van der Waals surface area contributed by atoms with Gasteiger partial charge in [-0.25, -0.2) is 13.6 Å². The Bertz CT molecular complexity index is 1550. The van der Waals surface area contributed by atoms with Gasteiger partial charge in [-0.05, 0) is 41.2 Å². The van der Waals surface area contributed by atoms with E-state index in [0.717, 1.165) is 11.6 Å². The minimum atomic E-state index is -5.08. The van der Waals surface area contributed by atoms with Crippen molar-refractivity contribution in [3.8, 4) is 6.07 Å². The number of carboxylic acid groups (broad SMARTS) is 2. The number of halogens is 7. The zero-order valence-electron chi connectivity index (χ0n) is 22.6. The van der Waals surface area contributed by atoms with E-state index >= 15 is 8.78 Å². The molecule has 6 nitrogen and oxygen atoms in total. The van der Waals surface area contributed by atoms with Crippen LogP contribution in [0.5, 0.6) is 0 Å². The van der Waals surface area contributed by atoms with Gasteiger partial charge < -0.3 is 10.2 Å². The van der Waals surface area contributed by atoms with E-state index in [9.17, 15) is 28.3 Å². The summed E-state index contributed by atoms with van der Waals surface area (Å²) in [6, 6.07) is 17.7. The molecule has 3 N–H and O–H groups in total. The first-order chi connectivity index (χ1) is 20.0. The largest absolute Gasteiger partial charge is 0.490 e. The lowest BCUT2D eigenvalue weighted by Crippen LogP contribution is -2.46. The van der Waals surface area contributed by atoms with E-state index in [4.69, 9.17) is 33.1 Å². The minimum absolute atomic E-state index is 0.0520. The molecule has 4 atom stereocenters. The van der Waals surface area contributed by atoms with Crippen molar-refractivity contribution in [2.24, 2.45) is 0 Å². The van der Waals surface area contributed by atoms with Crippen LogP contribution >= 0.6 is 23.2 Å². The Morgan fingerprint density at radius 3 is 2.12 bits per heavy atom. The molecule has 1 saturated heterocycles. The van der Waals surface area contributed by atoms with Gasteiger partial charge in [0.1, 0.15) is 23.1 Å². The standard InChI is InChI=1S/C28H24Cl2F2N2O2.C2HF3O2/c1-27(2,16-7-4-3-5-8-16)14-22-28(15-33,19-12-11-17(29)13-21(19)31)23(25(34-22)26(35)36)18-9-6-10-20(30)24(18)32;3-2(4,5)1(6)7/h3-13,22-23,25,34H,14H2,1-2H3,(H,35,36);(H,6,7). The number of carboxylic acids is 2. The summed E-state index contributed by atoms with van der Waals surface area (Å²) in [6.45, 7) is 3.93. The summed E-state index contributed by atoms with van der Waals surface area (Å²) in [7, 11) is 0. The van der Waals surface area contributed by atoms with Gasteiger partial charge in [0.15, 0.2) is 0 Å². The maximum atomic E-state index is 15.5. The van der Waals surface area contributed by atoms with Crippen LogP contribution in [0.3, 0.4) is 0 Å². The molecule has 0 amide bonds. The van der Waals surface area contributed by atoms with Crippen LogP contribution < -0.4 is 5.32 Å². The normalized spacial score (nSPS) is 21.8. The Balaban J connectivity index is 0.000000646. The van der Waals surface area contributed by atoms with Crippen LogP contribution in [0.2, 0.25) is 10.0 Å². The predicted octanol–water partition coefficient (Wildman–Crippen LogP) is 7.24. The molecule has 13 heteroatoms. The number of rotatable bonds is 6. The number of nitrogens with one attached hydrogen (secondary N) is 1. The average Bonchev–Trinajstić information content (AvgIpc) is 3.24. The molecular formula is C30H25Cl2F5N2O4. The maximum Gasteiger partial charge on any atom is 0.490 e. The Morgan fingerprint density at radius 1 is 1.00 bits per heavy atom. The van der Waals surface area contributed by atoms with Gasteiger partial charge in [0.2, 0.25) is 0 Å². The van der Waals surface area contributed by atoms with Crippen molar-refractivity contribution in [1.82, 2.24) is 5.32 Å². The Hall–Kier alpha value is -3.72. The molecule has 0 radical (unpaired) electrons. The fourth-order valence-corrected chi connectivity index (χ4v) is 5.79. The van der Waals surface area contributed by atoms with E-state index < -0.39 is 58.6 Å². The molecule has 4 unspecified atom stereocenters. The van der Waals surface area contributed by atoms with Crippen molar-refractivity contribution >= 4 is 35.1 Å². The summed E-state index contributed by atoms with van der Waals surface area (Å²) < 4.78 is 62.7. The third-order valence-electron chi connectivity index (χ3n) is 7.41. The van der Waals surface area contributed by atoms with Crippen molar-refractivity contribution in [2.45, 2.75) is 55.3 Å². The van der Waals surface area contributed by atoms with Gasteiger partial charge in [0.05, 0.1) is 11.1 Å². The Kier molecular flexibility index (Phi) is 10.1. The highest BCUT2D eigenvalue weighted by atomic mass is 35.5. The molecule has 43 heavy (non-hydrogen) atoms. The van der Waals surface area contributed by atoms with Crippen molar-refractivity contribution < 1.29 is 41.8 Å². The van der Waals surface area contributed by atoms with Gasteiger partial charge >= 0.3 is 18.1 Å². The highest BCUT2D eigenvalue weighted by molar-refractivity contribution is 6.31. The van der Waals surface area contributed by atoms with Crippen LogP contribution in [0, 0.1) is 23.0 Å². The molecule has 3 aromatic rings. The number of benzene rings is 3. The molecule has 1 fully saturated rings. The second-order valence-electron chi connectivity index (χ2n) is 10.5. The van der Waals surface area contributed by atoms with Crippen LogP contribution in [0.1, 0.15) is 42.9 Å². The topological polar surface area (TPSA) is 110 Å². The summed E-state index contributed by atoms with van der Waals surface area (Å²) in [5.74, 6) is -6.94. The second kappa shape index (κ2) is 12.9. The van der Waals surface area contributed by atoms with E-state index in [-0.39, 0.29) is 27.6 Å². The lowest BCUT2D eigenvalue weighted by Gasteiger charge is -2.38. The molecular weight excluding hydrogens is 618 g/mol. The molecule has 0 saturated carbocycles. The number of hydrogen-bond acceptors (Lipinski definition) is 4. The quantitative estimate of drug-likeness (QED) is 0.244. The fourth-order valence-electron chi connectivity index (χ4n) is 5.45. The number of aliphatic carboxylic acids is 2. The third kappa shape index (κ3) is 6.93.